The maximum Gasteiger partial charge on any atom is 0.249 e. The molecule has 0 aromatic rings. The van der Waals surface area contributed by atoms with Crippen molar-refractivity contribution in [2.45, 2.75) is 88.8 Å². The quantitative estimate of drug-likeness (QED) is 0.843. The number of hydrogen-bond acceptors (Lipinski definition) is 2. The lowest BCUT2D eigenvalue weighted by molar-refractivity contribution is -0.169. The van der Waals surface area contributed by atoms with Crippen LogP contribution < -0.4 is 5.32 Å². The minimum Gasteiger partial charge on any atom is -0.340 e. The molecule has 20 heavy (non-hydrogen) atoms. The molecule has 1 aliphatic heterocycles. The first kappa shape index (κ1) is 13.9. The van der Waals surface area contributed by atoms with Crippen LogP contribution in [0.15, 0.2) is 0 Å². The van der Waals surface area contributed by atoms with Crippen molar-refractivity contribution < 1.29 is 9.59 Å². The van der Waals surface area contributed by atoms with Gasteiger partial charge >= 0.3 is 0 Å². The summed E-state index contributed by atoms with van der Waals surface area (Å²) in [5, 5.41) is 3.08. The third kappa shape index (κ3) is 1.80. The predicted octanol–water partition coefficient (Wildman–Crippen LogP) is 2.37. The monoisotopic (exact) mass is 278 g/mol. The standard InChI is InChI=1S/C16H26N2O2/c1-3-15(8-7-9-15)18-12(2)13(19)17-16(14(18)20)10-5-4-6-11-16/h12H,3-11H2,1-2H3,(H,17,19). The first-order chi connectivity index (χ1) is 9.55. The zero-order valence-corrected chi connectivity index (χ0v) is 12.7. The first-order valence-corrected chi connectivity index (χ1v) is 8.20. The highest BCUT2D eigenvalue weighted by Crippen LogP contribution is 2.45. The fraction of sp³-hybridized carbons (Fsp3) is 0.875. The summed E-state index contributed by atoms with van der Waals surface area (Å²) >= 11 is 0. The van der Waals surface area contributed by atoms with E-state index >= 15 is 0 Å². The van der Waals surface area contributed by atoms with Gasteiger partial charge in [0.05, 0.1) is 0 Å². The van der Waals surface area contributed by atoms with Crippen LogP contribution in [0.25, 0.3) is 0 Å². The van der Waals surface area contributed by atoms with E-state index in [0.717, 1.165) is 44.9 Å². The number of nitrogens with zero attached hydrogens (tertiary/aromatic N) is 1. The molecule has 112 valence electrons. The Balaban J connectivity index is 1.94. The molecule has 1 heterocycles. The molecule has 1 saturated heterocycles. The van der Waals surface area contributed by atoms with E-state index in [-0.39, 0.29) is 23.4 Å². The number of piperazine rings is 1. The van der Waals surface area contributed by atoms with Gasteiger partial charge in [-0.1, -0.05) is 26.2 Å². The van der Waals surface area contributed by atoms with Crippen molar-refractivity contribution in [3.8, 4) is 0 Å². The van der Waals surface area contributed by atoms with Crippen molar-refractivity contribution in [1.29, 1.82) is 0 Å². The summed E-state index contributed by atoms with van der Waals surface area (Å²) in [7, 11) is 0. The maximum absolute atomic E-state index is 13.2. The molecule has 0 aromatic heterocycles. The lowest BCUT2D eigenvalue weighted by Crippen LogP contribution is -2.75. The van der Waals surface area contributed by atoms with E-state index in [4.69, 9.17) is 0 Å². The van der Waals surface area contributed by atoms with Crippen LogP contribution in [-0.4, -0.2) is 33.8 Å². The van der Waals surface area contributed by atoms with Crippen LogP contribution in [0.4, 0.5) is 0 Å². The van der Waals surface area contributed by atoms with E-state index in [1.165, 1.54) is 12.8 Å². The van der Waals surface area contributed by atoms with Crippen LogP contribution in [0.1, 0.15) is 71.6 Å². The molecule has 3 aliphatic rings. The van der Waals surface area contributed by atoms with Crippen molar-refractivity contribution in [3.63, 3.8) is 0 Å². The lowest BCUT2D eigenvalue weighted by Gasteiger charge is -2.57. The van der Waals surface area contributed by atoms with E-state index in [0.29, 0.717) is 0 Å². The second kappa shape index (κ2) is 4.74. The van der Waals surface area contributed by atoms with Crippen LogP contribution >= 0.6 is 0 Å². The van der Waals surface area contributed by atoms with Gasteiger partial charge in [-0.3, -0.25) is 9.59 Å². The molecule has 2 saturated carbocycles. The fourth-order valence-electron chi connectivity index (χ4n) is 4.39. The molecule has 1 N–H and O–H groups in total. The number of amides is 2. The van der Waals surface area contributed by atoms with Gasteiger partial charge in [0, 0.05) is 5.54 Å². The second-order valence-electron chi connectivity index (χ2n) is 6.91. The van der Waals surface area contributed by atoms with E-state index in [2.05, 4.69) is 12.2 Å². The molecule has 3 rings (SSSR count). The van der Waals surface area contributed by atoms with E-state index < -0.39 is 5.54 Å². The van der Waals surface area contributed by atoms with Gasteiger partial charge in [-0.25, -0.2) is 0 Å². The lowest BCUT2D eigenvalue weighted by atomic mass is 9.69. The smallest absolute Gasteiger partial charge is 0.249 e. The second-order valence-corrected chi connectivity index (χ2v) is 6.91. The van der Waals surface area contributed by atoms with Crippen molar-refractivity contribution in [3.05, 3.63) is 0 Å². The first-order valence-electron chi connectivity index (χ1n) is 8.20. The zero-order chi connectivity index (χ0) is 14.4. The Morgan fingerprint density at radius 1 is 1.10 bits per heavy atom. The third-order valence-electron chi connectivity index (χ3n) is 5.92. The van der Waals surface area contributed by atoms with Gasteiger partial charge in [0.15, 0.2) is 0 Å². The van der Waals surface area contributed by atoms with Crippen molar-refractivity contribution in [2.24, 2.45) is 0 Å². The maximum atomic E-state index is 13.2. The highest BCUT2D eigenvalue weighted by atomic mass is 16.2. The molecule has 4 nitrogen and oxygen atoms in total. The largest absolute Gasteiger partial charge is 0.340 e. The minimum atomic E-state index is -0.584. The Morgan fingerprint density at radius 3 is 2.25 bits per heavy atom. The topological polar surface area (TPSA) is 49.4 Å². The normalized spacial score (nSPS) is 31.9. The van der Waals surface area contributed by atoms with E-state index in [1.54, 1.807) is 0 Å². The molecule has 2 amide bonds. The summed E-state index contributed by atoms with van der Waals surface area (Å²) in [6.45, 7) is 4.04. The number of carbonyl (C=O) groups is 2. The van der Waals surface area contributed by atoms with Gasteiger partial charge in [-0.15, -0.1) is 0 Å². The molecule has 1 unspecified atom stereocenters. The Bertz CT molecular complexity index is 417. The average Bonchev–Trinajstić information content (AvgIpc) is 2.41. The Kier molecular flexibility index (Phi) is 3.30. The Labute approximate surface area is 121 Å². The van der Waals surface area contributed by atoms with Crippen molar-refractivity contribution in [1.82, 2.24) is 10.2 Å². The van der Waals surface area contributed by atoms with Crippen LogP contribution in [0.3, 0.4) is 0 Å². The van der Waals surface area contributed by atoms with Gasteiger partial charge < -0.3 is 10.2 Å². The van der Waals surface area contributed by atoms with Crippen LogP contribution in [0.5, 0.6) is 0 Å². The van der Waals surface area contributed by atoms with E-state index in [9.17, 15) is 9.59 Å². The minimum absolute atomic E-state index is 0.0429. The molecule has 0 radical (unpaired) electrons. The SMILES string of the molecule is CCC1(N2C(=O)C3(CCCCC3)NC(=O)C2C)CCC1. The Hall–Kier alpha value is -1.06. The molecular formula is C16H26N2O2. The number of nitrogens with one attached hydrogen (secondary N) is 1. The predicted molar refractivity (Wildman–Crippen MR) is 77.1 cm³/mol. The van der Waals surface area contributed by atoms with Crippen LogP contribution in [0.2, 0.25) is 0 Å². The average molecular weight is 278 g/mol. The number of hydrogen-bond donors (Lipinski definition) is 1. The molecule has 0 aromatic carbocycles. The van der Waals surface area contributed by atoms with Gasteiger partial charge in [-0.05, 0) is 45.4 Å². The molecule has 0 bridgehead atoms. The summed E-state index contributed by atoms with van der Waals surface area (Å²) in [4.78, 5) is 27.6. The molecular weight excluding hydrogens is 252 g/mol. The van der Waals surface area contributed by atoms with Crippen molar-refractivity contribution >= 4 is 11.8 Å². The zero-order valence-electron chi connectivity index (χ0n) is 12.7. The Morgan fingerprint density at radius 2 is 1.75 bits per heavy atom. The fourth-order valence-corrected chi connectivity index (χ4v) is 4.39. The number of carbonyl (C=O) groups excluding carboxylic acids is 2. The van der Waals surface area contributed by atoms with Gasteiger partial charge in [0.2, 0.25) is 11.8 Å². The summed E-state index contributed by atoms with van der Waals surface area (Å²) in [5.74, 6) is 0.247. The molecule has 1 atom stereocenters. The molecule has 4 heteroatoms. The van der Waals surface area contributed by atoms with Crippen LogP contribution in [0, 0.1) is 0 Å². The molecule has 3 fully saturated rings. The van der Waals surface area contributed by atoms with Gasteiger partial charge in [0.25, 0.3) is 0 Å². The van der Waals surface area contributed by atoms with Crippen LogP contribution in [-0.2, 0) is 9.59 Å². The summed E-state index contributed by atoms with van der Waals surface area (Å²) in [6, 6.07) is -0.310. The highest BCUT2D eigenvalue weighted by molar-refractivity contribution is 6.00. The van der Waals surface area contributed by atoms with Gasteiger partial charge in [0.1, 0.15) is 11.6 Å². The van der Waals surface area contributed by atoms with E-state index in [1.807, 2.05) is 11.8 Å². The summed E-state index contributed by atoms with van der Waals surface area (Å²) in [5.41, 5.74) is -0.627. The number of rotatable bonds is 2. The highest BCUT2D eigenvalue weighted by Gasteiger charge is 2.56. The molecule has 1 spiro atoms. The van der Waals surface area contributed by atoms with Gasteiger partial charge in [-0.2, -0.15) is 0 Å². The summed E-state index contributed by atoms with van der Waals surface area (Å²) < 4.78 is 0. The summed E-state index contributed by atoms with van der Waals surface area (Å²) in [6.07, 6.45) is 9.18. The van der Waals surface area contributed by atoms with Crippen molar-refractivity contribution in [2.75, 3.05) is 0 Å². The third-order valence-corrected chi connectivity index (χ3v) is 5.92. The molecule has 2 aliphatic carbocycles.